The van der Waals surface area contributed by atoms with Gasteiger partial charge < -0.3 is 29.7 Å². The number of alkyl carbamates (subject to hydrolysis) is 1. The van der Waals surface area contributed by atoms with Gasteiger partial charge in [-0.2, -0.15) is 4.31 Å². The molecule has 0 bridgehead atoms. The van der Waals surface area contributed by atoms with Crippen LogP contribution in [0.1, 0.15) is 38.3 Å². The summed E-state index contributed by atoms with van der Waals surface area (Å²) < 4.78 is 45.3. The maximum atomic E-state index is 13.7. The van der Waals surface area contributed by atoms with Crippen molar-refractivity contribution in [1.82, 2.24) is 9.62 Å². The van der Waals surface area contributed by atoms with E-state index in [2.05, 4.69) is 5.32 Å². The van der Waals surface area contributed by atoms with Crippen LogP contribution in [-0.4, -0.2) is 86.0 Å². The van der Waals surface area contributed by atoms with Crippen LogP contribution in [0.2, 0.25) is 0 Å². The Morgan fingerprint density at radius 1 is 1.07 bits per heavy atom. The standard InChI is InChI=1S/C30H42N2O8S/c1-4-21-10-12-23(13-11-21)41(36,37)32(17-20(2)3)18-25(33)24(16-22-8-6-5-7-9-22)31-30(35)40-27-14-15-38-29-28(27)26(34)19-39-29/h5-13,20,24-29,33-34H,4,14-19H2,1-3H3,(H,31,35)/t24-,25+,26-,27-,28-,29-/m0/s1. The molecule has 11 heteroatoms. The average molecular weight is 591 g/mol. The second-order valence-electron chi connectivity index (χ2n) is 11.2. The van der Waals surface area contributed by atoms with E-state index in [0.29, 0.717) is 13.0 Å². The van der Waals surface area contributed by atoms with Crippen LogP contribution in [0.15, 0.2) is 59.5 Å². The summed E-state index contributed by atoms with van der Waals surface area (Å²) in [5.74, 6) is -0.503. The summed E-state index contributed by atoms with van der Waals surface area (Å²) in [6, 6.07) is 15.2. The highest BCUT2D eigenvalue weighted by Gasteiger charge is 2.47. The second kappa shape index (κ2) is 14.1. The number of amides is 1. The number of nitrogens with zero attached hydrogens (tertiary/aromatic N) is 1. The number of benzene rings is 2. The minimum absolute atomic E-state index is 0.00101. The highest BCUT2D eigenvalue weighted by molar-refractivity contribution is 7.89. The van der Waals surface area contributed by atoms with Crippen molar-refractivity contribution in [2.45, 2.75) is 75.6 Å². The average Bonchev–Trinajstić information content (AvgIpc) is 3.34. The van der Waals surface area contributed by atoms with Crippen LogP contribution >= 0.6 is 0 Å². The molecule has 2 aliphatic heterocycles. The van der Waals surface area contributed by atoms with Gasteiger partial charge in [0.05, 0.1) is 42.3 Å². The normalized spacial score (nSPS) is 24.2. The molecule has 1 amide bonds. The maximum Gasteiger partial charge on any atom is 0.407 e. The van der Waals surface area contributed by atoms with E-state index >= 15 is 0 Å². The Labute approximate surface area is 242 Å². The number of aryl methyl sites for hydroxylation is 1. The van der Waals surface area contributed by atoms with Gasteiger partial charge in [-0.25, -0.2) is 13.2 Å². The van der Waals surface area contributed by atoms with Crippen molar-refractivity contribution in [2.75, 3.05) is 26.3 Å². The molecule has 2 aromatic carbocycles. The SMILES string of the molecule is CCc1ccc(S(=O)(=O)N(CC(C)C)C[C@@H](O)[C@H](Cc2ccccc2)NC(=O)O[C@H]2CCO[C@H]3OC[C@H](O)[C@H]32)cc1. The van der Waals surface area contributed by atoms with E-state index in [1.165, 1.54) is 4.31 Å². The Kier molecular flexibility index (Phi) is 10.8. The molecule has 0 aromatic heterocycles. The summed E-state index contributed by atoms with van der Waals surface area (Å²) in [4.78, 5) is 13.3. The first-order chi connectivity index (χ1) is 19.6. The van der Waals surface area contributed by atoms with Gasteiger partial charge in [-0.3, -0.25) is 0 Å². The molecule has 2 saturated heterocycles. The van der Waals surface area contributed by atoms with Crippen LogP contribution in [-0.2, 0) is 37.1 Å². The monoisotopic (exact) mass is 590 g/mol. The lowest BCUT2D eigenvalue weighted by Gasteiger charge is -2.34. The Hall–Kier alpha value is -2.54. The molecule has 6 atom stereocenters. The minimum atomic E-state index is -3.92. The molecule has 10 nitrogen and oxygen atoms in total. The molecule has 2 aliphatic rings. The van der Waals surface area contributed by atoms with Crippen LogP contribution in [0, 0.1) is 11.8 Å². The largest absolute Gasteiger partial charge is 0.446 e. The number of nitrogens with one attached hydrogen (secondary N) is 1. The van der Waals surface area contributed by atoms with E-state index in [-0.39, 0.29) is 36.9 Å². The predicted molar refractivity (Wildman–Crippen MR) is 153 cm³/mol. The Balaban J connectivity index is 1.52. The number of aliphatic hydroxyl groups excluding tert-OH is 2. The summed E-state index contributed by atoms with van der Waals surface area (Å²) in [7, 11) is -3.92. The molecule has 41 heavy (non-hydrogen) atoms. The van der Waals surface area contributed by atoms with E-state index in [1.807, 2.05) is 51.1 Å². The van der Waals surface area contributed by atoms with Gasteiger partial charge in [0.2, 0.25) is 10.0 Å². The smallest absolute Gasteiger partial charge is 0.407 e. The number of carbonyl (C=O) groups excluding carboxylic acids is 1. The van der Waals surface area contributed by atoms with Crippen molar-refractivity contribution in [1.29, 1.82) is 0 Å². The third kappa shape index (κ3) is 8.06. The van der Waals surface area contributed by atoms with E-state index in [1.54, 1.807) is 24.3 Å². The minimum Gasteiger partial charge on any atom is -0.446 e. The fourth-order valence-electron chi connectivity index (χ4n) is 5.34. The highest BCUT2D eigenvalue weighted by Crippen LogP contribution is 2.33. The fraction of sp³-hybridized carbons (Fsp3) is 0.567. The number of ether oxygens (including phenoxy) is 3. The van der Waals surface area contributed by atoms with Gasteiger partial charge in [-0.05, 0) is 42.0 Å². The quantitative estimate of drug-likeness (QED) is 0.344. The molecule has 0 spiro atoms. The van der Waals surface area contributed by atoms with Gasteiger partial charge in [-0.1, -0.05) is 63.2 Å². The van der Waals surface area contributed by atoms with Gasteiger partial charge in [0.25, 0.3) is 0 Å². The van der Waals surface area contributed by atoms with Gasteiger partial charge >= 0.3 is 6.09 Å². The van der Waals surface area contributed by atoms with Crippen LogP contribution in [0.25, 0.3) is 0 Å². The Morgan fingerprint density at radius 3 is 2.44 bits per heavy atom. The van der Waals surface area contributed by atoms with Crippen molar-refractivity contribution >= 4 is 16.1 Å². The summed E-state index contributed by atoms with van der Waals surface area (Å²) in [6.07, 6.45) is -2.63. The molecule has 3 N–H and O–H groups in total. The molecule has 0 unspecified atom stereocenters. The number of fused-ring (bicyclic) bond motifs is 1. The van der Waals surface area contributed by atoms with Crippen LogP contribution < -0.4 is 5.32 Å². The summed E-state index contributed by atoms with van der Waals surface area (Å²) in [5, 5.41) is 24.5. The Bertz CT molecular complexity index is 1220. The zero-order valence-electron chi connectivity index (χ0n) is 23.9. The Morgan fingerprint density at radius 2 is 1.78 bits per heavy atom. The third-order valence-corrected chi connectivity index (χ3v) is 9.40. The lowest BCUT2D eigenvalue weighted by atomic mass is 9.93. The van der Waals surface area contributed by atoms with E-state index < -0.39 is 52.7 Å². The lowest BCUT2D eigenvalue weighted by Crippen LogP contribution is -2.52. The van der Waals surface area contributed by atoms with Crippen LogP contribution in [0.3, 0.4) is 0 Å². The first kappa shape index (κ1) is 31.4. The summed E-state index contributed by atoms with van der Waals surface area (Å²) in [5.41, 5.74) is 1.88. The zero-order valence-corrected chi connectivity index (χ0v) is 24.7. The second-order valence-corrected chi connectivity index (χ2v) is 13.1. The van der Waals surface area contributed by atoms with Crippen molar-refractivity contribution in [3.05, 3.63) is 65.7 Å². The maximum absolute atomic E-state index is 13.7. The van der Waals surface area contributed by atoms with Crippen molar-refractivity contribution in [2.24, 2.45) is 11.8 Å². The van der Waals surface area contributed by atoms with Crippen molar-refractivity contribution in [3.8, 4) is 0 Å². The van der Waals surface area contributed by atoms with Gasteiger partial charge in [0, 0.05) is 19.5 Å². The predicted octanol–water partition coefficient (Wildman–Crippen LogP) is 2.72. The number of rotatable bonds is 12. The summed E-state index contributed by atoms with van der Waals surface area (Å²) >= 11 is 0. The lowest BCUT2D eigenvalue weighted by molar-refractivity contribution is -0.183. The molecule has 0 radical (unpaired) electrons. The molecule has 2 aromatic rings. The topological polar surface area (TPSA) is 135 Å². The number of hydrogen-bond donors (Lipinski definition) is 3. The van der Waals surface area contributed by atoms with Crippen LogP contribution in [0.4, 0.5) is 4.79 Å². The first-order valence-electron chi connectivity index (χ1n) is 14.3. The fourth-order valence-corrected chi connectivity index (χ4v) is 6.97. The molecule has 4 rings (SSSR count). The van der Waals surface area contributed by atoms with Gasteiger partial charge in [0.1, 0.15) is 6.10 Å². The molecule has 226 valence electrons. The molecular weight excluding hydrogens is 548 g/mol. The number of sulfonamides is 1. The van der Waals surface area contributed by atoms with Crippen molar-refractivity contribution in [3.63, 3.8) is 0 Å². The number of aliphatic hydroxyl groups is 2. The molecule has 2 fully saturated rings. The highest BCUT2D eigenvalue weighted by atomic mass is 32.2. The van der Waals surface area contributed by atoms with E-state index in [0.717, 1.165) is 17.5 Å². The van der Waals surface area contributed by atoms with E-state index in [9.17, 15) is 23.4 Å². The molecule has 0 aliphatic carbocycles. The number of hydrogen-bond acceptors (Lipinski definition) is 8. The number of carbonyl (C=O) groups is 1. The third-order valence-electron chi connectivity index (χ3n) is 7.56. The summed E-state index contributed by atoms with van der Waals surface area (Å²) in [6.45, 7) is 6.22. The van der Waals surface area contributed by atoms with E-state index in [4.69, 9.17) is 14.2 Å². The molecule has 0 saturated carbocycles. The van der Waals surface area contributed by atoms with Crippen LogP contribution in [0.5, 0.6) is 0 Å². The van der Waals surface area contributed by atoms with Crippen molar-refractivity contribution < 1.29 is 37.6 Å². The molecule has 2 heterocycles. The first-order valence-corrected chi connectivity index (χ1v) is 15.7. The van der Waals surface area contributed by atoms with Gasteiger partial charge in [0.15, 0.2) is 6.29 Å². The zero-order chi connectivity index (χ0) is 29.6. The molecular formula is C30H42N2O8S. The van der Waals surface area contributed by atoms with Gasteiger partial charge in [-0.15, -0.1) is 0 Å².